The zero-order chi connectivity index (χ0) is 25.2. The van der Waals surface area contributed by atoms with Crippen LogP contribution in [0.4, 0.5) is 18.0 Å². The summed E-state index contributed by atoms with van der Waals surface area (Å²) in [6.07, 6.45) is -4.27. The van der Waals surface area contributed by atoms with E-state index in [4.69, 9.17) is 9.84 Å². The second kappa shape index (κ2) is 9.97. The van der Waals surface area contributed by atoms with E-state index in [2.05, 4.69) is 10.6 Å². The number of carboxylic acid groups (broad SMARTS) is 1. The Balaban J connectivity index is 1.34. The first-order valence-electron chi connectivity index (χ1n) is 11.4. The number of carbonyl (C=O) groups excluding carboxylic acids is 2. The van der Waals surface area contributed by atoms with Gasteiger partial charge in [0.25, 0.3) is 0 Å². The number of halogens is 3. The molecule has 2 aliphatic rings. The number of nitrogens with one attached hydrogen (secondary N) is 2. The van der Waals surface area contributed by atoms with Crippen molar-refractivity contribution in [3.05, 3.63) is 59.7 Å². The van der Waals surface area contributed by atoms with E-state index >= 15 is 0 Å². The number of alkyl halides is 3. The molecule has 186 valence electrons. The smallest absolute Gasteiger partial charge is 0.407 e. The van der Waals surface area contributed by atoms with Crippen molar-refractivity contribution in [2.75, 3.05) is 13.2 Å². The number of hydrogen-bond donors (Lipinski definition) is 3. The molecule has 0 saturated heterocycles. The first-order valence-corrected chi connectivity index (χ1v) is 11.4. The molecule has 0 aliphatic heterocycles. The number of alkyl carbamates (subject to hydrolysis) is 1. The molecule has 0 bridgehead atoms. The second-order valence-electron chi connectivity index (χ2n) is 8.79. The number of benzene rings is 2. The van der Waals surface area contributed by atoms with Crippen molar-refractivity contribution in [1.29, 1.82) is 0 Å². The zero-order valence-electron chi connectivity index (χ0n) is 18.7. The normalized spacial score (nSPS) is 20.0. The molecule has 0 aromatic heterocycles. The molecule has 1 fully saturated rings. The molecule has 10 heteroatoms. The number of fused-ring (bicyclic) bond motifs is 3. The summed E-state index contributed by atoms with van der Waals surface area (Å²) in [5.41, 5.74) is 4.28. The van der Waals surface area contributed by atoms with Crippen molar-refractivity contribution < 1.29 is 37.4 Å². The Bertz CT molecular complexity index is 1070. The summed E-state index contributed by atoms with van der Waals surface area (Å²) in [6.45, 7) is -0.971. The Morgan fingerprint density at radius 1 is 1.00 bits per heavy atom. The molecule has 3 atom stereocenters. The third-order valence-corrected chi connectivity index (χ3v) is 6.67. The number of ether oxygens (including phenoxy) is 1. The van der Waals surface area contributed by atoms with E-state index in [1.807, 2.05) is 48.5 Å². The van der Waals surface area contributed by atoms with Gasteiger partial charge in [0, 0.05) is 18.5 Å². The zero-order valence-corrected chi connectivity index (χ0v) is 18.7. The van der Waals surface area contributed by atoms with Gasteiger partial charge in [-0.2, -0.15) is 13.2 Å². The van der Waals surface area contributed by atoms with Gasteiger partial charge in [0.1, 0.15) is 6.61 Å². The van der Waals surface area contributed by atoms with Crippen molar-refractivity contribution in [3.8, 4) is 11.1 Å². The highest BCUT2D eigenvalue weighted by Gasteiger charge is 2.46. The van der Waals surface area contributed by atoms with Crippen LogP contribution in [0.5, 0.6) is 0 Å². The van der Waals surface area contributed by atoms with Crippen LogP contribution in [-0.2, 0) is 14.3 Å². The van der Waals surface area contributed by atoms with E-state index in [1.54, 1.807) is 0 Å². The van der Waals surface area contributed by atoms with Crippen LogP contribution in [0, 0.1) is 11.8 Å². The highest BCUT2D eigenvalue weighted by atomic mass is 19.4. The molecule has 4 rings (SSSR count). The van der Waals surface area contributed by atoms with Crippen LogP contribution in [-0.4, -0.2) is 48.4 Å². The lowest BCUT2D eigenvalue weighted by Gasteiger charge is -2.22. The quantitative estimate of drug-likeness (QED) is 0.543. The SMILES string of the molecule is O=C(N[C@H]1CCC[C@H]1C(=O)NCC(C(=O)O)C(F)(F)F)OCC1c2ccccc2-c2ccccc21. The van der Waals surface area contributed by atoms with Crippen LogP contribution in [0.2, 0.25) is 0 Å². The molecular weight excluding hydrogens is 465 g/mol. The second-order valence-corrected chi connectivity index (χ2v) is 8.79. The minimum absolute atomic E-state index is 0.0926. The van der Waals surface area contributed by atoms with Gasteiger partial charge in [-0.3, -0.25) is 9.59 Å². The maximum Gasteiger partial charge on any atom is 0.407 e. The maximum atomic E-state index is 12.8. The largest absolute Gasteiger partial charge is 0.481 e. The van der Waals surface area contributed by atoms with Crippen LogP contribution in [0.15, 0.2) is 48.5 Å². The standard InChI is InChI=1S/C25H25F3N2O5/c26-25(27,28)20(23(32)33)12-29-22(31)18-10-5-11-21(18)30-24(34)35-13-19-16-8-3-1-6-14(16)15-7-2-4-9-17(15)19/h1-4,6-9,18-21H,5,10-13H2,(H,29,31)(H,30,34)(H,32,33)/t18-,20?,21+/m1/s1. The van der Waals surface area contributed by atoms with Crippen LogP contribution in [0.3, 0.4) is 0 Å². The summed E-state index contributed by atoms with van der Waals surface area (Å²) in [7, 11) is 0. The van der Waals surface area contributed by atoms with Crippen LogP contribution < -0.4 is 10.6 Å². The van der Waals surface area contributed by atoms with E-state index < -0.39 is 48.6 Å². The summed E-state index contributed by atoms with van der Waals surface area (Å²) in [4.78, 5) is 35.9. The molecule has 0 spiro atoms. The molecule has 35 heavy (non-hydrogen) atoms. The van der Waals surface area contributed by atoms with Gasteiger partial charge < -0.3 is 20.5 Å². The predicted molar refractivity (Wildman–Crippen MR) is 120 cm³/mol. The average molecular weight is 490 g/mol. The average Bonchev–Trinajstić information content (AvgIpc) is 3.39. The molecule has 2 amide bonds. The molecule has 3 N–H and O–H groups in total. The van der Waals surface area contributed by atoms with Crippen molar-refractivity contribution in [1.82, 2.24) is 10.6 Å². The lowest BCUT2D eigenvalue weighted by atomic mass is 9.98. The van der Waals surface area contributed by atoms with Gasteiger partial charge in [0.15, 0.2) is 5.92 Å². The molecular formula is C25H25F3N2O5. The fraction of sp³-hybridized carbons (Fsp3) is 0.400. The monoisotopic (exact) mass is 490 g/mol. The van der Waals surface area contributed by atoms with Crippen LogP contribution in [0.1, 0.15) is 36.3 Å². The van der Waals surface area contributed by atoms with Gasteiger partial charge in [-0.25, -0.2) is 4.79 Å². The van der Waals surface area contributed by atoms with E-state index in [-0.39, 0.29) is 12.5 Å². The molecule has 2 aromatic carbocycles. The minimum Gasteiger partial charge on any atom is -0.481 e. The van der Waals surface area contributed by atoms with Crippen molar-refractivity contribution in [2.45, 2.75) is 37.4 Å². The summed E-state index contributed by atoms with van der Waals surface area (Å²) in [5.74, 6) is -6.37. The lowest BCUT2D eigenvalue weighted by molar-refractivity contribution is -0.192. The highest BCUT2D eigenvalue weighted by molar-refractivity contribution is 5.82. The predicted octanol–water partition coefficient (Wildman–Crippen LogP) is 4.07. The minimum atomic E-state index is -4.98. The fourth-order valence-electron chi connectivity index (χ4n) is 4.91. The Labute approximate surface area is 199 Å². The molecule has 1 saturated carbocycles. The van der Waals surface area contributed by atoms with Gasteiger partial charge in [-0.15, -0.1) is 0 Å². The Morgan fingerprint density at radius 3 is 2.17 bits per heavy atom. The third kappa shape index (κ3) is 5.26. The van der Waals surface area contributed by atoms with Crippen molar-refractivity contribution in [3.63, 3.8) is 0 Å². The van der Waals surface area contributed by atoms with Gasteiger partial charge >= 0.3 is 18.2 Å². The van der Waals surface area contributed by atoms with Crippen molar-refractivity contribution >= 4 is 18.0 Å². The Morgan fingerprint density at radius 2 is 1.60 bits per heavy atom. The number of rotatable bonds is 7. The van der Waals surface area contributed by atoms with Gasteiger partial charge in [-0.1, -0.05) is 55.0 Å². The lowest BCUT2D eigenvalue weighted by Crippen LogP contribution is -2.47. The first-order chi connectivity index (χ1) is 16.7. The van der Waals surface area contributed by atoms with Gasteiger partial charge in [0.2, 0.25) is 5.91 Å². The summed E-state index contributed by atoms with van der Waals surface area (Å²) in [5, 5.41) is 13.5. The van der Waals surface area contributed by atoms with Crippen LogP contribution >= 0.6 is 0 Å². The first kappa shape index (κ1) is 24.6. The van der Waals surface area contributed by atoms with Gasteiger partial charge in [0.05, 0.1) is 5.92 Å². The van der Waals surface area contributed by atoms with E-state index in [9.17, 15) is 27.6 Å². The summed E-state index contributed by atoms with van der Waals surface area (Å²) >= 11 is 0. The topological polar surface area (TPSA) is 105 Å². The number of carboxylic acids is 1. The highest BCUT2D eigenvalue weighted by Crippen LogP contribution is 2.44. The molecule has 0 heterocycles. The van der Waals surface area contributed by atoms with Crippen LogP contribution in [0.25, 0.3) is 11.1 Å². The number of amides is 2. The van der Waals surface area contributed by atoms with Crippen molar-refractivity contribution in [2.24, 2.45) is 11.8 Å². The summed E-state index contributed by atoms with van der Waals surface area (Å²) < 4.78 is 44.0. The summed E-state index contributed by atoms with van der Waals surface area (Å²) in [6, 6.07) is 15.1. The molecule has 2 aliphatic carbocycles. The Hall–Kier alpha value is -3.56. The van der Waals surface area contributed by atoms with E-state index in [0.717, 1.165) is 22.3 Å². The number of aliphatic carboxylic acids is 1. The molecule has 2 aromatic rings. The number of carbonyl (C=O) groups is 3. The molecule has 0 radical (unpaired) electrons. The van der Waals surface area contributed by atoms with E-state index in [1.165, 1.54) is 0 Å². The number of hydrogen-bond acceptors (Lipinski definition) is 4. The fourth-order valence-corrected chi connectivity index (χ4v) is 4.91. The van der Waals surface area contributed by atoms with Gasteiger partial charge in [-0.05, 0) is 35.1 Å². The molecule has 1 unspecified atom stereocenters. The third-order valence-electron chi connectivity index (χ3n) is 6.67. The Kier molecular flexibility index (Phi) is 7.00. The van der Waals surface area contributed by atoms with E-state index in [0.29, 0.717) is 19.3 Å². The molecule has 7 nitrogen and oxygen atoms in total. The maximum absolute atomic E-state index is 12.8.